The number of hydrogen-bond donors (Lipinski definition) is 1. The molecule has 0 saturated heterocycles. The molecule has 2 aromatic carbocycles. The number of benzene rings is 2. The van der Waals surface area contributed by atoms with Gasteiger partial charge in [-0.1, -0.05) is 23.7 Å². The van der Waals surface area contributed by atoms with Crippen LogP contribution in [-0.2, 0) is 4.79 Å². The van der Waals surface area contributed by atoms with Gasteiger partial charge in [-0.15, -0.1) is 0 Å². The number of nitrogens with one attached hydrogen (secondary N) is 1. The fraction of sp³-hybridized carbons (Fsp3) is 0.0588. The topological polar surface area (TPSA) is 50.7 Å². The third kappa shape index (κ3) is 3.02. The first kappa shape index (κ1) is 14.4. The molecule has 0 unspecified atom stereocenters. The number of rotatable bonds is 3. The zero-order chi connectivity index (χ0) is 15.5. The minimum atomic E-state index is -0.222. The first-order valence-corrected chi connectivity index (χ1v) is 7.05. The highest BCUT2D eigenvalue weighted by molar-refractivity contribution is 6.30. The first-order valence-electron chi connectivity index (χ1n) is 6.67. The van der Waals surface area contributed by atoms with Gasteiger partial charge in [0.2, 0.25) is 0 Å². The Morgan fingerprint density at radius 2 is 1.77 bits per heavy atom. The van der Waals surface area contributed by atoms with Crippen LogP contribution in [-0.4, -0.2) is 18.9 Å². The molecule has 22 heavy (non-hydrogen) atoms. The predicted octanol–water partition coefficient (Wildman–Crippen LogP) is 3.27. The fourth-order valence-electron chi connectivity index (χ4n) is 2.07. The second-order valence-electron chi connectivity index (χ2n) is 4.72. The van der Waals surface area contributed by atoms with Crippen molar-refractivity contribution in [2.45, 2.75) is 0 Å². The van der Waals surface area contributed by atoms with Gasteiger partial charge in [0.15, 0.2) is 0 Å². The summed E-state index contributed by atoms with van der Waals surface area (Å²) < 4.78 is 5.11. The Bertz CT molecular complexity index is 762. The molecular weight excluding hydrogens is 300 g/mol. The van der Waals surface area contributed by atoms with Crippen molar-refractivity contribution >= 4 is 29.4 Å². The molecule has 110 valence electrons. The van der Waals surface area contributed by atoms with Crippen LogP contribution in [0.3, 0.4) is 0 Å². The van der Waals surface area contributed by atoms with Gasteiger partial charge in [0.1, 0.15) is 17.3 Å². The average molecular weight is 313 g/mol. The van der Waals surface area contributed by atoms with E-state index in [2.05, 4.69) is 10.3 Å². The van der Waals surface area contributed by atoms with Crippen LogP contribution >= 0.6 is 11.6 Å². The van der Waals surface area contributed by atoms with Crippen molar-refractivity contribution < 1.29 is 9.53 Å². The summed E-state index contributed by atoms with van der Waals surface area (Å²) in [5, 5.41) is 3.42. The van der Waals surface area contributed by atoms with E-state index in [1.54, 1.807) is 25.3 Å². The molecule has 0 saturated carbocycles. The largest absolute Gasteiger partial charge is 0.497 e. The second kappa shape index (κ2) is 6.03. The van der Waals surface area contributed by atoms with Crippen molar-refractivity contribution in [1.29, 1.82) is 0 Å². The normalized spacial score (nSPS) is 15.6. The Balaban J connectivity index is 1.88. The van der Waals surface area contributed by atoms with E-state index in [1.165, 1.54) is 0 Å². The number of aliphatic imine (C=N–C) groups is 1. The number of amides is 1. The number of hydrogen-bond acceptors (Lipinski definition) is 3. The van der Waals surface area contributed by atoms with Crippen molar-refractivity contribution in [1.82, 2.24) is 5.32 Å². The average Bonchev–Trinajstić information content (AvgIpc) is 2.91. The van der Waals surface area contributed by atoms with E-state index in [9.17, 15) is 4.79 Å². The molecule has 0 aromatic heterocycles. The van der Waals surface area contributed by atoms with Crippen LogP contribution in [0.25, 0.3) is 6.08 Å². The molecule has 1 N–H and O–H groups in total. The van der Waals surface area contributed by atoms with Crippen molar-refractivity contribution in [2.75, 3.05) is 7.11 Å². The molecule has 0 atom stereocenters. The molecule has 1 heterocycles. The lowest BCUT2D eigenvalue weighted by Crippen LogP contribution is -2.24. The van der Waals surface area contributed by atoms with E-state index in [-0.39, 0.29) is 5.91 Å². The highest BCUT2D eigenvalue weighted by Crippen LogP contribution is 2.18. The number of amidine groups is 1. The standard InChI is InChI=1S/C17H13ClN2O2/c1-22-14-8-4-12(5-9-14)16-19-15(17(21)20-16)10-11-2-6-13(18)7-3-11/h2-10H,1H3,(H,19,20,21)/b15-10+. The van der Waals surface area contributed by atoms with Gasteiger partial charge in [-0.25, -0.2) is 4.99 Å². The number of carbonyl (C=O) groups excluding carboxylic acids is 1. The molecule has 1 aliphatic rings. The summed E-state index contributed by atoms with van der Waals surface area (Å²) in [6.07, 6.45) is 1.72. The summed E-state index contributed by atoms with van der Waals surface area (Å²) in [6.45, 7) is 0. The van der Waals surface area contributed by atoms with E-state index in [0.29, 0.717) is 16.6 Å². The molecule has 0 fully saturated rings. The Labute approximate surface area is 133 Å². The van der Waals surface area contributed by atoms with Gasteiger partial charge in [0, 0.05) is 10.6 Å². The zero-order valence-electron chi connectivity index (χ0n) is 11.8. The highest BCUT2D eigenvalue weighted by Gasteiger charge is 2.20. The van der Waals surface area contributed by atoms with Crippen LogP contribution in [0.5, 0.6) is 5.75 Å². The smallest absolute Gasteiger partial charge is 0.275 e. The molecule has 0 spiro atoms. The van der Waals surface area contributed by atoms with Gasteiger partial charge >= 0.3 is 0 Å². The van der Waals surface area contributed by atoms with Crippen LogP contribution in [0.1, 0.15) is 11.1 Å². The van der Waals surface area contributed by atoms with E-state index in [0.717, 1.165) is 16.9 Å². The molecule has 0 aliphatic carbocycles. The summed E-state index contributed by atoms with van der Waals surface area (Å²) in [5.41, 5.74) is 2.07. The van der Waals surface area contributed by atoms with Gasteiger partial charge in [-0.2, -0.15) is 0 Å². The Morgan fingerprint density at radius 1 is 1.09 bits per heavy atom. The van der Waals surface area contributed by atoms with Gasteiger partial charge in [0.25, 0.3) is 5.91 Å². The van der Waals surface area contributed by atoms with Crippen molar-refractivity contribution in [3.05, 3.63) is 70.4 Å². The molecule has 0 bridgehead atoms. The Kier molecular flexibility index (Phi) is 3.94. The van der Waals surface area contributed by atoms with Gasteiger partial charge in [-0.05, 0) is 48.0 Å². The van der Waals surface area contributed by atoms with Crippen molar-refractivity contribution in [2.24, 2.45) is 4.99 Å². The third-order valence-corrected chi connectivity index (χ3v) is 3.49. The molecular formula is C17H13ClN2O2. The molecule has 3 rings (SSSR count). The lowest BCUT2D eigenvalue weighted by molar-refractivity contribution is -0.115. The molecule has 4 nitrogen and oxygen atoms in total. The summed E-state index contributed by atoms with van der Waals surface area (Å²) >= 11 is 5.85. The van der Waals surface area contributed by atoms with E-state index >= 15 is 0 Å². The SMILES string of the molecule is COc1ccc(C2=N/C(=C/c3ccc(Cl)cc3)C(=O)N2)cc1. The van der Waals surface area contributed by atoms with Gasteiger partial charge < -0.3 is 10.1 Å². The van der Waals surface area contributed by atoms with E-state index in [4.69, 9.17) is 16.3 Å². The summed E-state index contributed by atoms with van der Waals surface area (Å²) in [5.74, 6) is 1.07. The maximum Gasteiger partial charge on any atom is 0.275 e. The van der Waals surface area contributed by atoms with Crippen molar-refractivity contribution in [3.8, 4) is 5.75 Å². The minimum Gasteiger partial charge on any atom is -0.497 e. The number of halogens is 1. The van der Waals surface area contributed by atoms with E-state index < -0.39 is 0 Å². The van der Waals surface area contributed by atoms with Crippen LogP contribution in [0.15, 0.2) is 59.2 Å². The van der Waals surface area contributed by atoms with Gasteiger partial charge in [-0.3, -0.25) is 4.79 Å². The number of methoxy groups -OCH3 is 1. The molecule has 1 aliphatic heterocycles. The van der Waals surface area contributed by atoms with Crippen LogP contribution in [0.2, 0.25) is 5.02 Å². The predicted molar refractivity (Wildman–Crippen MR) is 87.1 cm³/mol. The maximum absolute atomic E-state index is 12.0. The Morgan fingerprint density at radius 3 is 2.41 bits per heavy atom. The van der Waals surface area contributed by atoms with Crippen LogP contribution < -0.4 is 10.1 Å². The third-order valence-electron chi connectivity index (χ3n) is 3.23. The lowest BCUT2D eigenvalue weighted by Gasteiger charge is -2.02. The molecule has 2 aromatic rings. The maximum atomic E-state index is 12.0. The fourth-order valence-corrected chi connectivity index (χ4v) is 2.20. The monoisotopic (exact) mass is 312 g/mol. The van der Waals surface area contributed by atoms with Crippen LogP contribution in [0.4, 0.5) is 0 Å². The number of nitrogens with zero attached hydrogens (tertiary/aromatic N) is 1. The zero-order valence-corrected chi connectivity index (χ0v) is 12.6. The second-order valence-corrected chi connectivity index (χ2v) is 5.16. The van der Waals surface area contributed by atoms with Crippen LogP contribution in [0, 0.1) is 0 Å². The first-order chi connectivity index (χ1) is 10.7. The summed E-state index contributed by atoms with van der Waals surface area (Å²) in [7, 11) is 1.61. The molecule has 1 amide bonds. The summed E-state index contributed by atoms with van der Waals surface area (Å²) in [6, 6.07) is 14.6. The quantitative estimate of drug-likeness (QED) is 0.884. The minimum absolute atomic E-state index is 0.222. The number of carbonyl (C=O) groups is 1. The Hall–Kier alpha value is -2.59. The molecule has 0 radical (unpaired) electrons. The van der Waals surface area contributed by atoms with Gasteiger partial charge in [0.05, 0.1) is 7.11 Å². The highest BCUT2D eigenvalue weighted by atomic mass is 35.5. The summed E-state index contributed by atoms with van der Waals surface area (Å²) in [4.78, 5) is 16.4. The lowest BCUT2D eigenvalue weighted by atomic mass is 10.2. The molecule has 5 heteroatoms. The van der Waals surface area contributed by atoms with E-state index in [1.807, 2.05) is 36.4 Å². The van der Waals surface area contributed by atoms with Crippen molar-refractivity contribution in [3.63, 3.8) is 0 Å². The number of ether oxygens (including phenoxy) is 1.